The summed E-state index contributed by atoms with van der Waals surface area (Å²) in [5.41, 5.74) is 0. The summed E-state index contributed by atoms with van der Waals surface area (Å²) in [6.45, 7) is 3.16. The third-order valence-electron chi connectivity index (χ3n) is 3.75. The summed E-state index contributed by atoms with van der Waals surface area (Å²) in [4.78, 5) is 5.98. The molecule has 6 heteroatoms. The normalized spacial score (nSPS) is 20.5. The fraction of sp³-hybridized carbons (Fsp3) is 0.400. The van der Waals surface area contributed by atoms with E-state index in [-0.39, 0.29) is 5.92 Å². The third-order valence-corrected chi connectivity index (χ3v) is 6.71. The van der Waals surface area contributed by atoms with Crippen LogP contribution in [0.2, 0.25) is 0 Å². The lowest BCUT2D eigenvalue weighted by molar-refractivity contribution is 0.315. The van der Waals surface area contributed by atoms with Crippen molar-refractivity contribution in [1.82, 2.24) is 9.29 Å². The van der Waals surface area contributed by atoms with Gasteiger partial charge in [0.05, 0.1) is 9.90 Å². The minimum atomic E-state index is -3.39. The van der Waals surface area contributed by atoms with E-state index in [9.17, 15) is 8.42 Å². The summed E-state index contributed by atoms with van der Waals surface area (Å²) in [7, 11) is -3.39. The van der Waals surface area contributed by atoms with Crippen LogP contribution in [0.3, 0.4) is 0 Å². The Bertz CT molecular complexity index is 710. The Morgan fingerprint density at radius 2 is 2.05 bits per heavy atom. The van der Waals surface area contributed by atoms with E-state index in [0.29, 0.717) is 18.0 Å². The molecule has 0 saturated carbocycles. The van der Waals surface area contributed by atoms with Crippen molar-refractivity contribution in [2.45, 2.75) is 30.6 Å². The van der Waals surface area contributed by atoms with Gasteiger partial charge in [0.1, 0.15) is 0 Å². The number of hydrogen-bond acceptors (Lipinski definition) is 4. The van der Waals surface area contributed by atoms with Crippen LogP contribution in [0, 0.1) is 6.92 Å². The Morgan fingerprint density at radius 3 is 2.71 bits per heavy atom. The number of thiazole rings is 1. The van der Waals surface area contributed by atoms with Crippen molar-refractivity contribution < 1.29 is 8.42 Å². The van der Waals surface area contributed by atoms with E-state index in [2.05, 4.69) is 4.98 Å². The molecule has 1 aromatic heterocycles. The molecule has 1 aliphatic heterocycles. The molecule has 0 aliphatic carbocycles. The van der Waals surface area contributed by atoms with Gasteiger partial charge in [-0.15, -0.1) is 11.3 Å². The molecule has 0 spiro atoms. The van der Waals surface area contributed by atoms with Crippen LogP contribution < -0.4 is 0 Å². The van der Waals surface area contributed by atoms with Gasteiger partial charge < -0.3 is 0 Å². The predicted octanol–water partition coefficient (Wildman–Crippen LogP) is 3.02. The van der Waals surface area contributed by atoms with Gasteiger partial charge in [-0.1, -0.05) is 18.2 Å². The summed E-state index contributed by atoms with van der Waals surface area (Å²) in [5, 5.41) is 1.06. The van der Waals surface area contributed by atoms with E-state index in [1.807, 2.05) is 19.2 Å². The van der Waals surface area contributed by atoms with Crippen LogP contribution in [0.1, 0.15) is 28.6 Å². The Labute approximate surface area is 129 Å². The van der Waals surface area contributed by atoms with Crippen LogP contribution in [-0.4, -0.2) is 30.8 Å². The molecule has 0 amide bonds. The van der Waals surface area contributed by atoms with Gasteiger partial charge in [-0.2, -0.15) is 4.31 Å². The molecule has 112 valence electrons. The van der Waals surface area contributed by atoms with Crippen LogP contribution in [0.5, 0.6) is 0 Å². The van der Waals surface area contributed by atoms with E-state index >= 15 is 0 Å². The van der Waals surface area contributed by atoms with Crippen molar-refractivity contribution >= 4 is 21.4 Å². The van der Waals surface area contributed by atoms with Crippen molar-refractivity contribution in [1.29, 1.82) is 0 Å². The van der Waals surface area contributed by atoms with Gasteiger partial charge in [-0.3, -0.25) is 0 Å². The van der Waals surface area contributed by atoms with Crippen LogP contribution in [0.4, 0.5) is 0 Å². The van der Waals surface area contributed by atoms with Crippen molar-refractivity contribution in [2.24, 2.45) is 0 Å². The molecule has 2 aromatic rings. The summed E-state index contributed by atoms with van der Waals surface area (Å²) in [6, 6.07) is 8.67. The minimum Gasteiger partial charge on any atom is -0.249 e. The first kappa shape index (κ1) is 14.7. The predicted molar refractivity (Wildman–Crippen MR) is 84.0 cm³/mol. The SMILES string of the molecule is Cc1cnc([C@@H]2CCCN(S(=O)(=O)c3ccccc3)C2)s1. The Hall–Kier alpha value is -1.24. The first-order valence-electron chi connectivity index (χ1n) is 7.05. The first-order valence-corrected chi connectivity index (χ1v) is 9.30. The molecule has 21 heavy (non-hydrogen) atoms. The number of hydrogen-bond donors (Lipinski definition) is 0. The third kappa shape index (κ3) is 3.02. The lowest BCUT2D eigenvalue weighted by Crippen LogP contribution is -2.39. The molecule has 1 aromatic carbocycles. The van der Waals surface area contributed by atoms with Crippen LogP contribution in [0.25, 0.3) is 0 Å². The summed E-state index contributed by atoms with van der Waals surface area (Å²) >= 11 is 1.67. The molecule has 1 aliphatic rings. The van der Waals surface area contributed by atoms with Crippen molar-refractivity contribution in [3.8, 4) is 0 Å². The zero-order valence-electron chi connectivity index (χ0n) is 11.9. The highest BCUT2D eigenvalue weighted by Gasteiger charge is 2.31. The monoisotopic (exact) mass is 322 g/mol. The second-order valence-corrected chi connectivity index (χ2v) is 8.53. The highest BCUT2D eigenvalue weighted by Crippen LogP contribution is 2.32. The van der Waals surface area contributed by atoms with E-state index in [0.717, 1.165) is 17.8 Å². The molecule has 1 fully saturated rings. The van der Waals surface area contributed by atoms with Crippen LogP contribution in [0.15, 0.2) is 41.4 Å². The van der Waals surface area contributed by atoms with Gasteiger partial charge >= 0.3 is 0 Å². The molecule has 1 atom stereocenters. The highest BCUT2D eigenvalue weighted by molar-refractivity contribution is 7.89. The zero-order chi connectivity index (χ0) is 14.9. The Kier molecular flexibility index (Phi) is 4.10. The van der Waals surface area contributed by atoms with E-state index in [1.54, 1.807) is 39.9 Å². The highest BCUT2D eigenvalue weighted by atomic mass is 32.2. The maximum absolute atomic E-state index is 12.7. The second kappa shape index (κ2) is 5.87. The number of piperidine rings is 1. The molecule has 4 nitrogen and oxygen atoms in total. The summed E-state index contributed by atoms with van der Waals surface area (Å²) < 4.78 is 27.0. The molecule has 2 heterocycles. The lowest BCUT2D eigenvalue weighted by atomic mass is 10.0. The minimum absolute atomic E-state index is 0.218. The van der Waals surface area contributed by atoms with Gasteiger partial charge in [0, 0.05) is 30.1 Å². The molecule has 0 unspecified atom stereocenters. The van der Waals surface area contributed by atoms with Gasteiger partial charge in [-0.05, 0) is 31.9 Å². The molecule has 0 bridgehead atoms. The van der Waals surface area contributed by atoms with Gasteiger partial charge in [0.15, 0.2) is 0 Å². The quantitative estimate of drug-likeness (QED) is 0.873. The lowest BCUT2D eigenvalue weighted by Gasteiger charge is -2.30. The molecule has 1 saturated heterocycles. The zero-order valence-corrected chi connectivity index (χ0v) is 13.5. The topological polar surface area (TPSA) is 50.3 Å². The fourth-order valence-electron chi connectivity index (χ4n) is 2.66. The average Bonchev–Trinajstić information content (AvgIpc) is 2.95. The standard InChI is InChI=1S/C15H18N2O2S2/c1-12-10-16-15(20-12)13-6-5-9-17(11-13)21(18,19)14-7-3-2-4-8-14/h2-4,7-8,10,13H,5-6,9,11H2,1H3/t13-/m1/s1. The maximum atomic E-state index is 12.7. The number of aryl methyl sites for hydroxylation is 1. The van der Waals surface area contributed by atoms with Crippen molar-refractivity contribution in [3.05, 3.63) is 46.4 Å². The number of aromatic nitrogens is 1. The average molecular weight is 322 g/mol. The number of nitrogens with zero attached hydrogens (tertiary/aromatic N) is 2. The summed E-state index contributed by atoms with van der Waals surface area (Å²) in [6.07, 6.45) is 3.76. The second-order valence-electron chi connectivity index (χ2n) is 5.32. The van der Waals surface area contributed by atoms with Gasteiger partial charge in [0.2, 0.25) is 10.0 Å². The van der Waals surface area contributed by atoms with E-state index < -0.39 is 10.0 Å². The summed E-state index contributed by atoms with van der Waals surface area (Å²) in [5.74, 6) is 0.218. The smallest absolute Gasteiger partial charge is 0.243 e. The van der Waals surface area contributed by atoms with Crippen molar-refractivity contribution in [2.75, 3.05) is 13.1 Å². The van der Waals surface area contributed by atoms with E-state index in [4.69, 9.17) is 0 Å². The molecular formula is C15H18N2O2S2. The first-order chi connectivity index (χ1) is 10.1. The van der Waals surface area contributed by atoms with Crippen LogP contribution in [-0.2, 0) is 10.0 Å². The number of benzene rings is 1. The maximum Gasteiger partial charge on any atom is 0.243 e. The molecule has 0 radical (unpaired) electrons. The van der Waals surface area contributed by atoms with Crippen molar-refractivity contribution in [3.63, 3.8) is 0 Å². The van der Waals surface area contributed by atoms with E-state index in [1.165, 1.54) is 4.88 Å². The van der Waals surface area contributed by atoms with Gasteiger partial charge in [0.25, 0.3) is 0 Å². The number of sulfonamides is 1. The largest absolute Gasteiger partial charge is 0.249 e. The molecular weight excluding hydrogens is 304 g/mol. The Morgan fingerprint density at radius 1 is 1.29 bits per heavy atom. The molecule has 3 rings (SSSR count). The van der Waals surface area contributed by atoms with Crippen LogP contribution >= 0.6 is 11.3 Å². The number of rotatable bonds is 3. The fourth-order valence-corrected chi connectivity index (χ4v) is 5.11. The Balaban J connectivity index is 1.83. The molecule has 0 N–H and O–H groups in total. The van der Waals surface area contributed by atoms with Gasteiger partial charge in [-0.25, -0.2) is 13.4 Å².